The quantitative estimate of drug-likeness (QED) is 0.456. The number of methoxy groups -OCH3 is 1. The van der Waals surface area contributed by atoms with Crippen molar-refractivity contribution in [2.45, 2.75) is 0 Å². The maximum absolute atomic E-state index is 10.1. The van der Waals surface area contributed by atoms with E-state index in [9.17, 15) is 10.1 Å². The summed E-state index contributed by atoms with van der Waals surface area (Å²) in [4.78, 5) is 16.5. The lowest BCUT2D eigenvalue weighted by molar-refractivity contribution is -0.389. The SMILES string of the molecule is COc1cc([N+](=O)[O-])ncn1. The summed E-state index contributed by atoms with van der Waals surface area (Å²) in [5, 5.41) is 10.1. The second-order valence-electron chi connectivity index (χ2n) is 1.68. The topological polar surface area (TPSA) is 78.2 Å². The second-order valence-corrected chi connectivity index (χ2v) is 1.68. The van der Waals surface area contributed by atoms with Crippen LogP contribution in [0.25, 0.3) is 0 Å². The Balaban J connectivity index is 3.01. The van der Waals surface area contributed by atoms with E-state index in [4.69, 9.17) is 0 Å². The molecule has 0 spiro atoms. The van der Waals surface area contributed by atoms with Gasteiger partial charge < -0.3 is 14.9 Å². The van der Waals surface area contributed by atoms with Gasteiger partial charge in [0.15, 0.2) is 0 Å². The van der Waals surface area contributed by atoms with Gasteiger partial charge in [0.25, 0.3) is 0 Å². The van der Waals surface area contributed by atoms with Crippen LogP contribution in [-0.4, -0.2) is 22.0 Å². The van der Waals surface area contributed by atoms with Crippen LogP contribution < -0.4 is 4.74 Å². The van der Waals surface area contributed by atoms with Crippen LogP contribution in [0.3, 0.4) is 0 Å². The molecule has 0 aromatic carbocycles. The summed E-state index contributed by atoms with van der Waals surface area (Å²) >= 11 is 0. The summed E-state index contributed by atoms with van der Waals surface area (Å²) in [6.07, 6.45) is 1.08. The number of rotatable bonds is 2. The standard InChI is InChI=1S/C5H5N3O3/c1-11-5-2-4(8(9)10)6-3-7-5/h2-3H,1H3. The zero-order chi connectivity index (χ0) is 8.27. The third kappa shape index (κ3) is 1.60. The van der Waals surface area contributed by atoms with Crippen molar-refractivity contribution in [2.24, 2.45) is 0 Å². The zero-order valence-electron chi connectivity index (χ0n) is 5.72. The second kappa shape index (κ2) is 2.91. The predicted molar refractivity (Wildman–Crippen MR) is 35.2 cm³/mol. The van der Waals surface area contributed by atoms with Crippen molar-refractivity contribution < 1.29 is 9.66 Å². The number of hydrogen-bond donors (Lipinski definition) is 0. The number of ether oxygens (including phenoxy) is 1. The molecule has 1 aromatic heterocycles. The van der Waals surface area contributed by atoms with Gasteiger partial charge in [-0.1, -0.05) is 0 Å². The van der Waals surface area contributed by atoms with Crippen molar-refractivity contribution in [2.75, 3.05) is 7.11 Å². The molecule has 0 unspecified atom stereocenters. The van der Waals surface area contributed by atoms with Crippen molar-refractivity contribution in [3.05, 3.63) is 22.5 Å². The Bertz CT molecular complexity index is 275. The van der Waals surface area contributed by atoms with Crippen LogP contribution in [-0.2, 0) is 0 Å². The van der Waals surface area contributed by atoms with E-state index in [0.717, 1.165) is 12.4 Å². The Morgan fingerprint density at radius 3 is 2.91 bits per heavy atom. The molecule has 11 heavy (non-hydrogen) atoms. The van der Waals surface area contributed by atoms with Crippen molar-refractivity contribution in [1.29, 1.82) is 0 Å². The molecule has 0 radical (unpaired) electrons. The molecule has 0 amide bonds. The molecule has 0 saturated heterocycles. The first-order chi connectivity index (χ1) is 5.24. The molecule has 1 heterocycles. The molecular weight excluding hydrogens is 150 g/mol. The molecular formula is C5H5N3O3. The Morgan fingerprint density at radius 1 is 1.64 bits per heavy atom. The largest absolute Gasteiger partial charge is 0.481 e. The lowest BCUT2D eigenvalue weighted by Gasteiger charge is -1.94. The Hall–Kier alpha value is -1.72. The highest BCUT2D eigenvalue weighted by atomic mass is 16.6. The molecule has 0 saturated carbocycles. The minimum atomic E-state index is -0.607. The van der Waals surface area contributed by atoms with Gasteiger partial charge in [-0.15, -0.1) is 0 Å². The van der Waals surface area contributed by atoms with Crippen LogP contribution in [0.5, 0.6) is 5.88 Å². The summed E-state index contributed by atoms with van der Waals surface area (Å²) in [5.41, 5.74) is 0. The molecule has 0 aliphatic rings. The Kier molecular flexibility index (Phi) is 1.95. The van der Waals surface area contributed by atoms with Gasteiger partial charge in [-0.3, -0.25) is 0 Å². The number of nitro groups is 1. The number of aromatic nitrogens is 2. The minimum Gasteiger partial charge on any atom is -0.481 e. The molecule has 0 aliphatic carbocycles. The normalized spacial score (nSPS) is 9.18. The van der Waals surface area contributed by atoms with Crippen LogP contribution in [0.4, 0.5) is 5.82 Å². The van der Waals surface area contributed by atoms with E-state index in [-0.39, 0.29) is 11.7 Å². The van der Waals surface area contributed by atoms with E-state index in [2.05, 4.69) is 14.7 Å². The maximum Gasteiger partial charge on any atom is 0.370 e. The van der Waals surface area contributed by atoms with Crippen LogP contribution in [0, 0.1) is 10.1 Å². The monoisotopic (exact) mass is 155 g/mol. The summed E-state index contributed by atoms with van der Waals surface area (Å²) in [6, 6.07) is 1.15. The van der Waals surface area contributed by atoms with Gasteiger partial charge in [-0.05, 0) is 9.91 Å². The Morgan fingerprint density at radius 2 is 2.36 bits per heavy atom. The van der Waals surface area contributed by atoms with E-state index in [1.54, 1.807) is 0 Å². The van der Waals surface area contributed by atoms with E-state index in [1.165, 1.54) is 7.11 Å². The lowest BCUT2D eigenvalue weighted by Crippen LogP contribution is -1.94. The summed E-state index contributed by atoms with van der Waals surface area (Å²) in [5.74, 6) is -0.0800. The molecule has 0 fully saturated rings. The molecule has 0 aliphatic heterocycles. The highest BCUT2D eigenvalue weighted by molar-refractivity contribution is 5.23. The first-order valence-corrected chi connectivity index (χ1v) is 2.74. The molecule has 1 rings (SSSR count). The fourth-order valence-electron chi connectivity index (χ4n) is 0.541. The summed E-state index contributed by atoms with van der Waals surface area (Å²) in [7, 11) is 1.38. The van der Waals surface area contributed by atoms with Gasteiger partial charge in [-0.2, -0.15) is 4.98 Å². The number of hydrogen-bond acceptors (Lipinski definition) is 5. The van der Waals surface area contributed by atoms with Crippen molar-refractivity contribution in [3.8, 4) is 5.88 Å². The van der Waals surface area contributed by atoms with Crippen LogP contribution in [0.15, 0.2) is 12.4 Å². The first-order valence-electron chi connectivity index (χ1n) is 2.74. The van der Waals surface area contributed by atoms with Crippen LogP contribution >= 0.6 is 0 Å². The lowest BCUT2D eigenvalue weighted by atomic mass is 10.6. The zero-order valence-corrected chi connectivity index (χ0v) is 5.72. The van der Waals surface area contributed by atoms with E-state index in [0.29, 0.717) is 0 Å². The smallest absolute Gasteiger partial charge is 0.370 e. The third-order valence-electron chi connectivity index (χ3n) is 1.02. The molecule has 0 atom stereocenters. The van der Waals surface area contributed by atoms with Gasteiger partial charge in [0.05, 0.1) is 13.2 Å². The average Bonchev–Trinajstić information content (AvgIpc) is 2.05. The minimum absolute atomic E-state index is 0.187. The fourth-order valence-corrected chi connectivity index (χ4v) is 0.541. The van der Waals surface area contributed by atoms with E-state index < -0.39 is 4.92 Å². The van der Waals surface area contributed by atoms with Gasteiger partial charge in [0.2, 0.25) is 12.2 Å². The molecule has 58 valence electrons. The molecule has 6 nitrogen and oxygen atoms in total. The van der Waals surface area contributed by atoms with E-state index >= 15 is 0 Å². The Labute approximate surface area is 62.0 Å². The van der Waals surface area contributed by atoms with Crippen LogP contribution in [0.2, 0.25) is 0 Å². The number of nitrogens with zero attached hydrogens (tertiary/aromatic N) is 3. The first kappa shape index (κ1) is 7.39. The highest BCUT2D eigenvalue weighted by Gasteiger charge is 2.07. The summed E-state index contributed by atoms with van der Waals surface area (Å²) in [6.45, 7) is 0. The summed E-state index contributed by atoms with van der Waals surface area (Å²) < 4.78 is 4.65. The third-order valence-corrected chi connectivity index (χ3v) is 1.02. The van der Waals surface area contributed by atoms with Crippen molar-refractivity contribution in [1.82, 2.24) is 9.97 Å². The molecule has 6 heteroatoms. The molecule has 1 aromatic rings. The van der Waals surface area contributed by atoms with Gasteiger partial charge in [0, 0.05) is 0 Å². The highest BCUT2D eigenvalue weighted by Crippen LogP contribution is 2.11. The van der Waals surface area contributed by atoms with Gasteiger partial charge in [0.1, 0.15) is 0 Å². The molecule has 0 bridgehead atoms. The predicted octanol–water partition coefficient (Wildman–Crippen LogP) is 0.393. The maximum atomic E-state index is 10.1. The van der Waals surface area contributed by atoms with Crippen molar-refractivity contribution in [3.63, 3.8) is 0 Å². The van der Waals surface area contributed by atoms with E-state index in [1.807, 2.05) is 0 Å². The van der Waals surface area contributed by atoms with Gasteiger partial charge in [-0.25, -0.2) is 0 Å². The van der Waals surface area contributed by atoms with Crippen molar-refractivity contribution >= 4 is 5.82 Å². The fraction of sp³-hybridized carbons (Fsp3) is 0.200. The average molecular weight is 155 g/mol. The van der Waals surface area contributed by atoms with Crippen LogP contribution in [0.1, 0.15) is 0 Å². The van der Waals surface area contributed by atoms with Gasteiger partial charge >= 0.3 is 5.82 Å². The molecule has 0 N–H and O–H groups in total.